The molecule has 1 amide bonds. The Morgan fingerprint density at radius 2 is 2.15 bits per heavy atom. The number of amides is 1. The Kier molecular flexibility index (Phi) is 4.61. The number of benzene rings is 1. The first-order chi connectivity index (χ1) is 12.7. The fraction of sp³-hybridized carbons (Fsp3) is 0.400. The lowest BCUT2D eigenvalue weighted by Crippen LogP contribution is -2.65. The molecule has 0 saturated carbocycles. The van der Waals surface area contributed by atoms with Crippen molar-refractivity contribution in [2.45, 2.75) is 30.4 Å². The smallest absolute Gasteiger partial charge is 0.252 e. The summed E-state index contributed by atoms with van der Waals surface area (Å²) in [4.78, 5) is 11.7. The maximum absolute atomic E-state index is 11.8. The van der Waals surface area contributed by atoms with Crippen molar-refractivity contribution in [2.75, 3.05) is 20.6 Å². The second kappa shape index (κ2) is 6.51. The van der Waals surface area contributed by atoms with Crippen LogP contribution in [0.4, 0.5) is 0 Å². The van der Waals surface area contributed by atoms with Gasteiger partial charge in [-0.1, -0.05) is 12.6 Å². The quantitative estimate of drug-likeness (QED) is 0.270. The highest BCUT2D eigenvalue weighted by molar-refractivity contribution is 5.98. The molecule has 0 fully saturated rings. The molecule has 2 aliphatic carbocycles. The van der Waals surface area contributed by atoms with Gasteiger partial charge in [-0.25, -0.2) is 0 Å². The number of fused-ring (bicyclic) bond motifs is 3. The van der Waals surface area contributed by atoms with Gasteiger partial charge in [0.25, 0.3) is 5.91 Å². The zero-order valence-electron chi connectivity index (χ0n) is 15.7. The normalized spacial score (nSPS) is 28.5. The molecule has 1 aromatic carbocycles. The first-order valence-corrected chi connectivity index (χ1v) is 8.92. The third-order valence-corrected chi connectivity index (χ3v) is 5.99. The van der Waals surface area contributed by atoms with E-state index >= 15 is 0 Å². The monoisotopic (exact) mass is 371 g/mol. The zero-order chi connectivity index (χ0) is 20.0. The second-order valence-electron chi connectivity index (χ2n) is 7.97. The molecule has 0 aromatic heterocycles. The number of aliphatic hydroxyl groups is 1. The number of rotatable bonds is 4. The molecule has 27 heavy (non-hydrogen) atoms. The Hall–Kier alpha value is -2.64. The molecule has 3 rings (SSSR count). The van der Waals surface area contributed by atoms with E-state index in [9.17, 15) is 15.0 Å². The van der Waals surface area contributed by atoms with Gasteiger partial charge in [-0.15, -0.1) is 0 Å². The van der Waals surface area contributed by atoms with E-state index in [0.717, 1.165) is 5.56 Å². The molecule has 0 saturated heterocycles. The second-order valence-corrected chi connectivity index (χ2v) is 7.97. The minimum Gasteiger partial charge on any atom is -0.507 e. The van der Waals surface area contributed by atoms with Gasteiger partial charge >= 0.3 is 0 Å². The van der Waals surface area contributed by atoms with Crippen LogP contribution in [-0.2, 0) is 6.42 Å². The Morgan fingerprint density at radius 1 is 1.44 bits per heavy atom. The van der Waals surface area contributed by atoms with Gasteiger partial charge in [-0.3, -0.25) is 4.79 Å². The number of phenols is 1. The van der Waals surface area contributed by atoms with Crippen LogP contribution in [0.3, 0.4) is 0 Å². The van der Waals surface area contributed by atoms with Crippen molar-refractivity contribution in [3.05, 3.63) is 53.6 Å². The number of nitrogens with two attached hydrogens (primary N) is 2. The first-order valence-electron chi connectivity index (χ1n) is 8.92. The topological polar surface area (TPSA) is 122 Å². The minimum absolute atomic E-state index is 0.0511. The molecule has 7 heteroatoms. The standard InChI is InChI=1S/C20H26N4O3/c1-4-9-24(2,3)16-10-12-5-6-14(19(21)26)18(25)17(12)15-11-13(23-22)7-8-20(15,16)27/h4-8,15-16,27H,1,9-11,22H2,2-3H3,(H2-,21,25,26)/p+1/b23-13+/t15?,16-,20+/m1/s1. The van der Waals surface area contributed by atoms with E-state index in [-0.39, 0.29) is 17.4 Å². The molecule has 0 aliphatic heterocycles. The average Bonchev–Trinajstić information content (AvgIpc) is 2.60. The van der Waals surface area contributed by atoms with Crippen molar-refractivity contribution in [2.24, 2.45) is 16.7 Å². The molecule has 1 unspecified atom stereocenters. The highest BCUT2D eigenvalue weighted by Gasteiger charge is 2.56. The lowest BCUT2D eigenvalue weighted by Gasteiger charge is -2.52. The summed E-state index contributed by atoms with van der Waals surface area (Å²) in [6.45, 7) is 4.51. The molecule has 144 valence electrons. The van der Waals surface area contributed by atoms with Gasteiger partial charge in [0, 0.05) is 24.3 Å². The molecule has 7 nitrogen and oxygen atoms in total. The first kappa shape index (κ1) is 19.1. The number of hydrogen-bond acceptors (Lipinski definition) is 5. The molecule has 0 radical (unpaired) electrons. The van der Waals surface area contributed by atoms with E-state index in [2.05, 4.69) is 11.7 Å². The van der Waals surface area contributed by atoms with E-state index in [0.29, 0.717) is 35.1 Å². The van der Waals surface area contributed by atoms with E-state index in [4.69, 9.17) is 11.6 Å². The highest BCUT2D eigenvalue weighted by atomic mass is 16.3. The number of primary amides is 1. The Morgan fingerprint density at radius 3 is 2.74 bits per heavy atom. The molecule has 2 aliphatic rings. The van der Waals surface area contributed by atoms with Crippen molar-refractivity contribution in [3.8, 4) is 5.75 Å². The van der Waals surface area contributed by atoms with Crippen molar-refractivity contribution in [1.82, 2.24) is 0 Å². The van der Waals surface area contributed by atoms with Gasteiger partial charge in [-0.2, -0.15) is 5.10 Å². The fourth-order valence-electron chi connectivity index (χ4n) is 4.61. The van der Waals surface area contributed by atoms with Crippen LogP contribution in [0.5, 0.6) is 5.75 Å². The van der Waals surface area contributed by atoms with Crippen LogP contribution < -0.4 is 11.6 Å². The maximum atomic E-state index is 11.8. The number of quaternary nitrogens is 1. The van der Waals surface area contributed by atoms with Crippen molar-refractivity contribution in [3.63, 3.8) is 0 Å². The van der Waals surface area contributed by atoms with Gasteiger partial charge in [0.1, 0.15) is 17.4 Å². The molecule has 0 heterocycles. The summed E-state index contributed by atoms with van der Waals surface area (Å²) in [5.41, 5.74) is 6.28. The van der Waals surface area contributed by atoms with Crippen LogP contribution in [0.15, 0.2) is 42.0 Å². The summed E-state index contributed by atoms with van der Waals surface area (Å²) in [6, 6.07) is 3.18. The molecule has 1 aromatic rings. The van der Waals surface area contributed by atoms with Crippen molar-refractivity contribution >= 4 is 11.6 Å². The molecular formula is C20H27N4O3+. The highest BCUT2D eigenvalue weighted by Crippen LogP contribution is 2.50. The summed E-state index contributed by atoms with van der Waals surface area (Å²) in [7, 11) is 4.09. The fourth-order valence-corrected chi connectivity index (χ4v) is 4.61. The predicted octanol–water partition coefficient (Wildman–Crippen LogP) is 0.768. The lowest BCUT2D eigenvalue weighted by atomic mass is 9.63. The van der Waals surface area contributed by atoms with Crippen LogP contribution in [-0.4, -0.2) is 58.6 Å². The van der Waals surface area contributed by atoms with E-state index in [1.807, 2.05) is 26.2 Å². The molecule has 6 N–H and O–H groups in total. The predicted molar refractivity (Wildman–Crippen MR) is 104 cm³/mol. The SMILES string of the molecule is C=CC[N+](C)(C)[C@@H]1Cc2ccc(C(N)=O)c(O)c2C2C/C(=N/N)C=C[C@]21O. The number of hydrazone groups is 1. The van der Waals surface area contributed by atoms with Crippen LogP contribution in [0, 0.1) is 0 Å². The zero-order valence-corrected chi connectivity index (χ0v) is 15.7. The third-order valence-electron chi connectivity index (χ3n) is 5.99. The minimum atomic E-state index is -1.23. The average molecular weight is 371 g/mol. The van der Waals surface area contributed by atoms with Crippen LogP contribution >= 0.6 is 0 Å². The number of nitrogens with zero attached hydrogens (tertiary/aromatic N) is 2. The Balaban J connectivity index is 2.25. The number of aromatic hydroxyl groups is 1. The summed E-state index contributed by atoms with van der Waals surface area (Å²) < 4.78 is 0.522. The van der Waals surface area contributed by atoms with Gasteiger partial charge < -0.3 is 26.3 Å². The maximum Gasteiger partial charge on any atom is 0.252 e. The Labute approximate surface area is 158 Å². The van der Waals surface area contributed by atoms with Gasteiger partial charge in [0.05, 0.1) is 31.9 Å². The van der Waals surface area contributed by atoms with Gasteiger partial charge in [-0.05, 0) is 29.9 Å². The van der Waals surface area contributed by atoms with E-state index in [1.165, 1.54) is 0 Å². The molecule has 3 atom stereocenters. The summed E-state index contributed by atoms with van der Waals surface area (Å²) in [5, 5.41) is 26.3. The number of carbonyl (C=O) groups is 1. The van der Waals surface area contributed by atoms with E-state index in [1.54, 1.807) is 18.2 Å². The van der Waals surface area contributed by atoms with E-state index < -0.39 is 17.4 Å². The largest absolute Gasteiger partial charge is 0.507 e. The van der Waals surface area contributed by atoms with Crippen LogP contribution in [0.2, 0.25) is 0 Å². The van der Waals surface area contributed by atoms with Crippen LogP contribution in [0.1, 0.15) is 33.8 Å². The van der Waals surface area contributed by atoms with Gasteiger partial charge in [0.2, 0.25) is 0 Å². The summed E-state index contributed by atoms with van der Waals surface area (Å²) >= 11 is 0. The lowest BCUT2D eigenvalue weighted by molar-refractivity contribution is -0.916. The number of carbonyl (C=O) groups excluding carboxylic acids is 1. The summed E-state index contributed by atoms with van der Waals surface area (Å²) in [6.07, 6.45) is 6.18. The van der Waals surface area contributed by atoms with Crippen LogP contribution in [0.25, 0.3) is 0 Å². The number of likely N-dealkylation sites (N-methyl/N-ethyl adjacent to an activating group) is 1. The molecular weight excluding hydrogens is 344 g/mol. The number of hydrogen-bond donors (Lipinski definition) is 4. The molecule has 0 spiro atoms. The Bertz CT molecular complexity index is 859. The van der Waals surface area contributed by atoms with Gasteiger partial charge in [0.15, 0.2) is 0 Å². The third kappa shape index (κ3) is 2.93. The molecule has 0 bridgehead atoms. The van der Waals surface area contributed by atoms with Crippen molar-refractivity contribution < 1.29 is 19.5 Å². The summed E-state index contributed by atoms with van der Waals surface area (Å²) in [5.74, 6) is 4.12. The van der Waals surface area contributed by atoms with Crippen molar-refractivity contribution in [1.29, 1.82) is 0 Å². The number of allylic oxidation sites excluding steroid dienone is 1.